The second kappa shape index (κ2) is 7.72. The van der Waals surface area contributed by atoms with Gasteiger partial charge in [-0.3, -0.25) is 9.69 Å². The summed E-state index contributed by atoms with van der Waals surface area (Å²) in [5, 5.41) is 4.16. The Kier molecular flexibility index (Phi) is 4.86. The van der Waals surface area contributed by atoms with Gasteiger partial charge in [0.25, 0.3) is 0 Å². The standard InChI is InChI=1S/C22H21FN6O3/c1-28-20(30)15-8-11-31-13-22(15,27-21(28)24)16-12-14(6-7-17(16)23)32-19-5-2-4-18(26-19)29-10-3-9-25-29/h2-7,9-10,12,15H,8,11,13H2,1H3,(H2,24,27). The summed E-state index contributed by atoms with van der Waals surface area (Å²) < 4.78 is 28.2. The molecule has 4 heterocycles. The average Bonchev–Trinajstić information content (AvgIpc) is 3.34. The molecule has 32 heavy (non-hydrogen) atoms. The minimum absolute atomic E-state index is 0.0241. The number of rotatable bonds is 4. The quantitative estimate of drug-likeness (QED) is 0.672. The van der Waals surface area contributed by atoms with Crippen molar-refractivity contribution in [1.82, 2.24) is 19.7 Å². The molecule has 2 N–H and O–H groups in total. The van der Waals surface area contributed by atoms with Gasteiger partial charge in [-0.2, -0.15) is 10.1 Å². The van der Waals surface area contributed by atoms with Crippen LogP contribution in [-0.4, -0.2) is 51.8 Å². The smallest absolute Gasteiger partial charge is 0.235 e. The lowest BCUT2D eigenvalue weighted by molar-refractivity contribution is -0.140. The van der Waals surface area contributed by atoms with Gasteiger partial charge >= 0.3 is 0 Å². The van der Waals surface area contributed by atoms with Gasteiger partial charge < -0.3 is 15.2 Å². The van der Waals surface area contributed by atoms with E-state index in [4.69, 9.17) is 15.2 Å². The Bertz CT molecular complexity index is 1200. The van der Waals surface area contributed by atoms with E-state index in [0.29, 0.717) is 30.5 Å². The van der Waals surface area contributed by atoms with Gasteiger partial charge in [-0.15, -0.1) is 0 Å². The fourth-order valence-electron chi connectivity index (χ4n) is 4.17. The Morgan fingerprint density at radius 3 is 2.97 bits per heavy atom. The first-order chi connectivity index (χ1) is 15.5. The van der Waals surface area contributed by atoms with Crippen molar-refractivity contribution in [2.45, 2.75) is 12.0 Å². The van der Waals surface area contributed by atoms with Crippen molar-refractivity contribution in [3.05, 3.63) is 66.2 Å². The Labute approximate surface area is 183 Å². The molecule has 0 aliphatic carbocycles. The summed E-state index contributed by atoms with van der Waals surface area (Å²) in [7, 11) is 1.56. The fourth-order valence-corrected chi connectivity index (χ4v) is 4.17. The SMILES string of the molecule is CN1C(=O)C2CCOCC2(c2cc(Oc3cccc(-n4cccn4)n3)ccc2F)N=C1N. The number of halogens is 1. The van der Waals surface area contributed by atoms with Crippen LogP contribution in [0.3, 0.4) is 0 Å². The molecule has 1 amide bonds. The van der Waals surface area contributed by atoms with Crippen LogP contribution in [0.1, 0.15) is 12.0 Å². The molecule has 2 atom stereocenters. The van der Waals surface area contributed by atoms with E-state index in [9.17, 15) is 4.79 Å². The van der Waals surface area contributed by atoms with Crippen LogP contribution in [0.4, 0.5) is 4.39 Å². The predicted molar refractivity (Wildman–Crippen MR) is 113 cm³/mol. The lowest BCUT2D eigenvalue weighted by Gasteiger charge is -2.45. The van der Waals surface area contributed by atoms with Gasteiger partial charge in [0, 0.05) is 37.7 Å². The molecule has 3 aromatic rings. The first kappa shape index (κ1) is 20.1. The molecular weight excluding hydrogens is 415 g/mol. The number of aromatic nitrogens is 3. The van der Waals surface area contributed by atoms with E-state index in [-0.39, 0.29) is 24.0 Å². The van der Waals surface area contributed by atoms with Gasteiger partial charge in [0.2, 0.25) is 11.8 Å². The maximum absolute atomic E-state index is 15.1. The number of carbonyl (C=O) groups is 1. The van der Waals surface area contributed by atoms with Gasteiger partial charge in [-0.05, 0) is 36.8 Å². The Balaban J connectivity index is 1.53. The van der Waals surface area contributed by atoms with E-state index in [1.807, 2.05) is 0 Å². The molecule has 9 nitrogen and oxygen atoms in total. The highest BCUT2D eigenvalue weighted by atomic mass is 19.1. The summed E-state index contributed by atoms with van der Waals surface area (Å²) in [5.41, 5.74) is 4.95. The molecule has 1 saturated heterocycles. The zero-order valence-corrected chi connectivity index (χ0v) is 17.3. The molecule has 2 aromatic heterocycles. The van der Waals surface area contributed by atoms with Crippen LogP contribution in [0.25, 0.3) is 5.82 Å². The van der Waals surface area contributed by atoms with Crippen LogP contribution in [0.15, 0.2) is 59.9 Å². The largest absolute Gasteiger partial charge is 0.439 e. The Morgan fingerprint density at radius 1 is 1.28 bits per heavy atom. The van der Waals surface area contributed by atoms with Crippen LogP contribution in [0.5, 0.6) is 11.6 Å². The number of ether oxygens (including phenoxy) is 2. The number of nitrogens with two attached hydrogens (primary N) is 1. The van der Waals surface area contributed by atoms with Crippen LogP contribution >= 0.6 is 0 Å². The third-order valence-corrected chi connectivity index (χ3v) is 5.81. The number of aliphatic imine (C=N–C) groups is 1. The lowest BCUT2D eigenvalue weighted by Crippen LogP contribution is -2.58. The molecule has 2 unspecified atom stereocenters. The Morgan fingerprint density at radius 2 is 2.16 bits per heavy atom. The minimum atomic E-state index is -1.25. The molecule has 2 aliphatic heterocycles. The van der Waals surface area contributed by atoms with E-state index >= 15 is 4.39 Å². The molecule has 0 bridgehead atoms. The number of nitrogens with zero attached hydrogens (tertiary/aromatic N) is 5. The van der Waals surface area contributed by atoms with Crippen LogP contribution in [-0.2, 0) is 15.1 Å². The number of pyridine rings is 1. The maximum atomic E-state index is 15.1. The number of hydrogen-bond donors (Lipinski definition) is 1. The first-order valence-corrected chi connectivity index (χ1v) is 10.1. The van der Waals surface area contributed by atoms with E-state index in [1.54, 1.807) is 48.4 Å². The molecule has 0 saturated carbocycles. The summed E-state index contributed by atoms with van der Waals surface area (Å²) in [6.07, 6.45) is 3.83. The third kappa shape index (κ3) is 3.28. The zero-order valence-electron chi connectivity index (χ0n) is 17.3. The van der Waals surface area contributed by atoms with Gasteiger partial charge in [0.15, 0.2) is 11.8 Å². The second-order valence-corrected chi connectivity index (χ2v) is 7.71. The normalized spacial score (nSPS) is 22.9. The molecule has 2 aliphatic rings. The van der Waals surface area contributed by atoms with Gasteiger partial charge in [0.05, 0.1) is 12.5 Å². The minimum Gasteiger partial charge on any atom is -0.439 e. The van der Waals surface area contributed by atoms with E-state index in [1.165, 1.54) is 23.1 Å². The summed E-state index contributed by atoms with van der Waals surface area (Å²) in [4.78, 5) is 23.2. The zero-order chi connectivity index (χ0) is 22.3. The summed E-state index contributed by atoms with van der Waals surface area (Å²) in [5.74, 6) is -0.0412. The summed E-state index contributed by atoms with van der Waals surface area (Å²) >= 11 is 0. The van der Waals surface area contributed by atoms with Crippen molar-refractivity contribution in [2.75, 3.05) is 20.3 Å². The predicted octanol–water partition coefficient (Wildman–Crippen LogP) is 2.22. The fraction of sp³-hybridized carbons (Fsp3) is 0.273. The highest BCUT2D eigenvalue weighted by Gasteiger charge is 2.52. The topological polar surface area (TPSA) is 108 Å². The first-order valence-electron chi connectivity index (χ1n) is 10.1. The maximum Gasteiger partial charge on any atom is 0.235 e. The van der Waals surface area contributed by atoms with Crippen molar-refractivity contribution in [3.63, 3.8) is 0 Å². The van der Waals surface area contributed by atoms with Crippen molar-refractivity contribution in [1.29, 1.82) is 0 Å². The lowest BCUT2D eigenvalue weighted by atomic mass is 9.74. The number of benzene rings is 1. The monoisotopic (exact) mass is 436 g/mol. The van der Waals surface area contributed by atoms with Crippen molar-refractivity contribution >= 4 is 11.9 Å². The molecular formula is C22H21FN6O3. The van der Waals surface area contributed by atoms with Gasteiger partial charge in [-0.1, -0.05) is 6.07 Å². The molecule has 5 rings (SSSR count). The summed E-state index contributed by atoms with van der Waals surface area (Å²) in [6, 6.07) is 11.4. The van der Waals surface area contributed by atoms with Crippen molar-refractivity contribution in [3.8, 4) is 17.4 Å². The van der Waals surface area contributed by atoms with Crippen molar-refractivity contribution < 1.29 is 18.7 Å². The molecule has 0 radical (unpaired) electrons. The highest BCUT2D eigenvalue weighted by molar-refractivity contribution is 6.00. The number of fused-ring (bicyclic) bond motifs is 1. The van der Waals surface area contributed by atoms with Crippen LogP contribution in [0.2, 0.25) is 0 Å². The van der Waals surface area contributed by atoms with Gasteiger partial charge in [-0.25, -0.2) is 14.1 Å². The molecule has 1 aromatic carbocycles. The van der Waals surface area contributed by atoms with Crippen LogP contribution in [0, 0.1) is 11.7 Å². The number of guanidine groups is 1. The van der Waals surface area contributed by atoms with Crippen LogP contribution < -0.4 is 10.5 Å². The Hall–Kier alpha value is -3.79. The number of amides is 1. The second-order valence-electron chi connectivity index (χ2n) is 7.71. The third-order valence-electron chi connectivity index (χ3n) is 5.81. The number of hydrogen-bond acceptors (Lipinski definition) is 7. The average molecular weight is 436 g/mol. The van der Waals surface area contributed by atoms with E-state index in [2.05, 4.69) is 15.1 Å². The van der Waals surface area contributed by atoms with Crippen molar-refractivity contribution in [2.24, 2.45) is 16.6 Å². The molecule has 164 valence electrons. The molecule has 10 heteroatoms. The van der Waals surface area contributed by atoms with E-state index < -0.39 is 17.3 Å². The highest BCUT2D eigenvalue weighted by Crippen LogP contribution is 2.44. The van der Waals surface area contributed by atoms with Gasteiger partial charge in [0.1, 0.15) is 17.1 Å². The van der Waals surface area contributed by atoms with E-state index in [0.717, 1.165) is 0 Å². The summed E-state index contributed by atoms with van der Waals surface area (Å²) in [6.45, 7) is 0.439. The number of carbonyl (C=O) groups excluding carboxylic acids is 1. The molecule has 0 spiro atoms. The molecule has 1 fully saturated rings.